The molecule has 21 heavy (non-hydrogen) atoms. The van der Waals surface area contributed by atoms with Crippen molar-refractivity contribution in [3.8, 4) is 5.75 Å². The fourth-order valence-corrected chi connectivity index (χ4v) is 3.13. The van der Waals surface area contributed by atoms with Gasteiger partial charge in [0.2, 0.25) is 0 Å². The van der Waals surface area contributed by atoms with Crippen molar-refractivity contribution in [2.24, 2.45) is 4.99 Å². The number of ether oxygens (including phenoxy) is 1. The summed E-state index contributed by atoms with van der Waals surface area (Å²) in [6.45, 7) is 0. The van der Waals surface area contributed by atoms with Crippen LogP contribution in [0.5, 0.6) is 5.75 Å². The van der Waals surface area contributed by atoms with E-state index < -0.39 is 0 Å². The largest absolute Gasteiger partial charge is 0.494 e. The second-order valence-electron chi connectivity index (χ2n) is 4.65. The Bertz CT molecular complexity index is 661. The van der Waals surface area contributed by atoms with Gasteiger partial charge in [0.1, 0.15) is 0 Å². The van der Waals surface area contributed by atoms with E-state index in [0.29, 0.717) is 5.69 Å². The molecule has 0 radical (unpaired) electrons. The molecule has 5 heteroatoms. The van der Waals surface area contributed by atoms with Gasteiger partial charge >= 0.3 is 0 Å². The minimum absolute atomic E-state index is 0.154. The summed E-state index contributed by atoms with van der Waals surface area (Å²) in [7, 11) is 1.45. The first-order chi connectivity index (χ1) is 10.3. The predicted octanol–water partition coefficient (Wildman–Crippen LogP) is 4.09. The first-order valence-electron chi connectivity index (χ1n) is 6.62. The normalized spacial score (nSPS) is 17.4. The Labute approximate surface area is 127 Å². The molecule has 0 spiro atoms. The van der Waals surface area contributed by atoms with Crippen molar-refractivity contribution in [3.63, 3.8) is 0 Å². The maximum Gasteiger partial charge on any atom is 0.167 e. The quantitative estimate of drug-likeness (QED) is 0.927. The van der Waals surface area contributed by atoms with Crippen molar-refractivity contribution in [1.29, 1.82) is 0 Å². The van der Waals surface area contributed by atoms with Crippen LogP contribution in [-0.2, 0) is 0 Å². The van der Waals surface area contributed by atoms with Gasteiger partial charge in [-0.25, -0.2) is 4.39 Å². The van der Waals surface area contributed by atoms with Gasteiger partial charge in [0, 0.05) is 17.5 Å². The summed E-state index contributed by atoms with van der Waals surface area (Å²) in [6, 6.07) is 15.1. The first kappa shape index (κ1) is 13.9. The molecule has 0 saturated carbocycles. The van der Waals surface area contributed by atoms with Crippen LogP contribution in [0.3, 0.4) is 0 Å². The van der Waals surface area contributed by atoms with Crippen molar-refractivity contribution < 1.29 is 9.13 Å². The Hall–Kier alpha value is -2.01. The molecule has 1 N–H and O–H groups in total. The monoisotopic (exact) mass is 302 g/mol. The average molecular weight is 302 g/mol. The molecule has 0 aromatic heterocycles. The molecule has 3 rings (SSSR count). The molecule has 1 aliphatic rings. The van der Waals surface area contributed by atoms with E-state index in [9.17, 15) is 4.39 Å². The lowest BCUT2D eigenvalue weighted by atomic mass is 10.1. The molecule has 1 heterocycles. The van der Waals surface area contributed by atoms with Crippen molar-refractivity contribution in [1.82, 2.24) is 0 Å². The van der Waals surface area contributed by atoms with Crippen LogP contribution in [0.4, 0.5) is 10.1 Å². The molecule has 2 aromatic rings. The van der Waals surface area contributed by atoms with Crippen LogP contribution in [-0.4, -0.2) is 18.0 Å². The number of anilines is 1. The SMILES string of the molecule is COc1ccc(NC2=NC(c3ccccc3)CS2)cc1F. The summed E-state index contributed by atoms with van der Waals surface area (Å²) < 4.78 is 18.6. The zero-order chi connectivity index (χ0) is 14.7. The van der Waals surface area contributed by atoms with Gasteiger partial charge in [0.25, 0.3) is 0 Å². The highest BCUT2D eigenvalue weighted by molar-refractivity contribution is 8.14. The van der Waals surface area contributed by atoms with E-state index in [2.05, 4.69) is 22.4 Å². The van der Waals surface area contributed by atoms with Gasteiger partial charge in [-0.1, -0.05) is 42.1 Å². The van der Waals surface area contributed by atoms with E-state index in [4.69, 9.17) is 4.74 Å². The summed E-state index contributed by atoms with van der Waals surface area (Å²) in [5.41, 5.74) is 1.87. The molecular formula is C16H15FN2OS. The highest BCUT2D eigenvalue weighted by Gasteiger charge is 2.20. The van der Waals surface area contributed by atoms with Crippen LogP contribution in [0.1, 0.15) is 11.6 Å². The zero-order valence-electron chi connectivity index (χ0n) is 11.5. The number of benzene rings is 2. The maximum absolute atomic E-state index is 13.7. The zero-order valence-corrected chi connectivity index (χ0v) is 12.4. The molecule has 0 saturated heterocycles. The summed E-state index contributed by atoms with van der Waals surface area (Å²) in [4.78, 5) is 4.64. The van der Waals surface area contributed by atoms with Gasteiger partial charge in [0.05, 0.1) is 13.2 Å². The number of hydrogen-bond donors (Lipinski definition) is 1. The lowest BCUT2D eigenvalue weighted by Crippen LogP contribution is -2.05. The molecule has 0 fully saturated rings. The third-order valence-corrected chi connectivity index (χ3v) is 4.20. The number of thioether (sulfide) groups is 1. The summed E-state index contributed by atoms with van der Waals surface area (Å²) in [6.07, 6.45) is 0. The molecule has 0 bridgehead atoms. The van der Waals surface area contributed by atoms with Crippen LogP contribution in [0.2, 0.25) is 0 Å². The van der Waals surface area contributed by atoms with Crippen molar-refractivity contribution >= 4 is 22.6 Å². The molecule has 2 aromatic carbocycles. The van der Waals surface area contributed by atoms with E-state index in [1.165, 1.54) is 18.7 Å². The summed E-state index contributed by atoms with van der Waals surface area (Å²) in [5, 5.41) is 3.96. The molecule has 0 amide bonds. The second kappa shape index (κ2) is 6.18. The van der Waals surface area contributed by atoms with Crippen molar-refractivity contribution in [2.45, 2.75) is 6.04 Å². The van der Waals surface area contributed by atoms with E-state index >= 15 is 0 Å². The summed E-state index contributed by atoms with van der Waals surface area (Å²) >= 11 is 1.64. The minimum Gasteiger partial charge on any atom is -0.494 e. The number of hydrogen-bond acceptors (Lipinski definition) is 4. The highest BCUT2D eigenvalue weighted by Crippen LogP contribution is 2.31. The van der Waals surface area contributed by atoms with Crippen LogP contribution in [0, 0.1) is 5.82 Å². The number of aliphatic imine (C=N–C) groups is 1. The van der Waals surface area contributed by atoms with Gasteiger partial charge < -0.3 is 10.1 Å². The molecule has 108 valence electrons. The Balaban J connectivity index is 1.73. The fraction of sp³-hybridized carbons (Fsp3) is 0.188. The van der Waals surface area contributed by atoms with E-state index in [0.717, 1.165) is 10.9 Å². The van der Waals surface area contributed by atoms with E-state index in [-0.39, 0.29) is 17.6 Å². The maximum atomic E-state index is 13.7. The first-order valence-corrected chi connectivity index (χ1v) is 7.61. The molecule has 1 aliphatic heterocycles. The third-order valence-electron chi connectivity index (χ3n) is 3.24. The number of nitrogens with one attached hydrogen (secondary N) is 1. The number of halogens is 1. The average Bonchev–Trinajstić information content (AvgIpc) is 2.97. The van der Waals surface area contributed by atoms with Gasteiger partial charge in [-0.2, -0.15) is 0 Å². The van der Waals surface area contributed by atoms with Crippen molar-refractivity contribution in [3.05, 3.63) is 59.9 Å². The lowest BCUT2D eigenvalue weighted by molar-refractivity contribution is 0.387. The predicted molar refractivity (Wildman–Crippen MR) is 85.7 cm³/mol. The standard InChI is InChI=1S/C16H15FN2OS/c1-20-15-8-7-12(9-13(15)17)18-16-19-14(10-21-16)11-5-3-2-4-6-11/h2-9,14H,10H2,1H3,(H,18,19). The van der Waals surface area contributed by atoms with E-state index in [1.807, 2.05) is 18.2 Å². The molecule has 1 unspecified atom stereocenters. The number of methoxy groups -OCH3 is 1. The Morgan fingerprint density at radius 2 is 2.05 bits per heavy atom. The Morgan fingerprint density at radius 1 is 1.24 bits per heavy atom. The molecular weight excluding hydrogens is 287 g/mol. The van der Waals surface area contributed by atoms with Gasteiger partial charge in [-0.3, -0.25) is 4.99 Å². The molecule has 0 aliphatic carbocycles. The van der Waals surface area contributed by atoms with Gasteiger partial charge in [0.15, 0.2) is 16.7 Å². The van der Waals surface area contributed by atoms with Crippen LogP contribution in [0.25, 0.3) is 0 Å². The van der Waals surface area contributed by atoms with Crippen LogP contribution < -0.4 is 10.1 Å². The van der Waals surface area contributed by atoms with Crippen LogP contribution in [0.15, 0.2) is 53.5 Å². The second-order valence-corrected chi connectivity index (χ2v) is 5.65. The number of nitrogens with zero attached hydrogens (tertiary/aromatic N) is 1. The topological polar surface area (TPSA) is 33.6 Å². The molecule has 3 nitrogen and oxygen atoms in total. The van der Waals surface area contributed by atoms with Crippen molar-refractivity contribution in [2.75, 3.05) is 18.2 Å². The third kappa shape index (κ3) is 3.19. The number of rotatable bonds is 3. The highest BCUT2D eigenvalue weighted by atomic mass is 32.2. The fourth-order valence-electron chi connectivity index (χ4n) is 2.16. The van der Waals surface area contributed by atoms with E-state index in [1.54, 1.807) is 23.9 Å². The molecule has 1 atom stereocenters. The Morgan fingerprint density at radius 3 is 2.76 bits per heavy atom. The Kier molecular flexibility index (Phi) is 4.10. The number of amidine groups is 1. The van der Waals surface area contributed by atoms with Gasteiger partial charge in [-0.05, 0) is 17.7 Å². The minimum atomic E-state index is -0.384. The van der Waals surface area contributed by atoms with Gasteiger partial charge in [-0.15, -0.1) is 0 Å². The van der Waals surface area contributed by atoms with Crippen LogP contribution >= 0.6 is 11.8 Å². The smallest absolute Gasteiger partial charge is 0.167 e. The summed E-state index contributed by atoms with van der Waals surface area (Å²) in [5.74, 6) is 0.750. The lowest BCUT2D eigenvalue weighted by Gasteiger charge is -2.07.